The van der Waals surface area contributed by atoms with E-state index >= 15 is 0 Å². The smallest absolute Gasteiger partial charge is 0.233 e. The molecule has 0 aliphatic heterocycles. The summed E-state index contributed by atoms with van der Waals surface area (Å²) in [6.07, 6.45) is 3.51. The van der Waals surface area contributed by atoms with E-state index in [1.54, 1.807) is 11.8 Å². The van der Waals surface area contributed by atoms with Crippen molar-refractivity contribution in [2.45, 2.75) is 58.2 Å². The maximum absolute atomic E-state index is 11.6. The molecule has 88 valence electrons. The molecule has 0 radical (unpaired) electrons. The summed E-state index contributed by atoms with van der Waals surface area (Å²) < 4.78 is 0. The molecule has 0 bridgehead atoms. The zero-order valence-corrected chi connectivity index (χ0v) is 11.1. The molecule has 1 aliphatic rings. The van der Waals surface area contributed by atoms with E-state index < -0.39 is 0 Å². The van der Waals surface area contributed by atoms with E-state index in [9.17, 15) is 4.79 Å². The lowest BCUT2D eigenvalue weighted by molar-refractivity contribution is -0.120. The van der Waals surface area contributed by atoms with E-state index in [4.69, 9.17) is 0 Å². The highest BCUT2D eigenvalue weighted by atomic mass is 32.2. The van der Waals surface area contributed by atoms with E-state index in [1.165, 1.54) is 19.3 Å². The second-order valence-electron chi connectivity index (χ2n) is 5.61. The zero-order chi connectivity index (χ0) is 11.5. The van der Waals surface area contributed by atoms with Gasteiger partial charge in [0, 0.05) is 6.04 Å². The molecule has 0 saturated heterocycles. The van der Waals surface area contributed by atoms with Crippen LogP contribution in [0.4, 0.5) is 0 Å². The SMILES string of the molecule is CC(SCCC(C)(C)C)C(=O)NC1CC1. The summed E-state index contributed by atoms with van der Waals surface area (Å²) >= 11 is 1.77. The van der Waals surface area contributed by atoms with Gasteiger partial charge in [-0.2, -0.15) is 0 Å². The molecule has 0 spiro atoms. The molecular weight excluding hydrogens is 206 g/mol. The number of carbonyl (C=O) groups excluding carboxylic acids is 1. The Morgan fingerprint density at radius 1 is 1.47 bits per heavy atom. The van der Waals surface area contributed by atoms with Crippen LogP contribution < -0.4 is 5.32 Å². The Bertz CT molecular complexity index is 218. The largest absolute Gasteiger partial charge is 0.352 e. The fourth-order valence-corrected chi connectivity index (χ4v) is 2.47. The molecule has 0 aromatic rings. The van der Waals surface area contributed by atoms with Gasteiger partial charge in [0.25, 0.3) is 0 Å². The van der Waals surface area contributed by atoms with Gasteiger partial charge in [0.1, 0.15) is 0 Å². The number of rotatable bonds is 5. The van der Waals surface area contributed by atoms with Crippen LogP contribution in [0.2, 0.25) is 0 Å². The van der Waals surface area contributed by atoms with Gasteiger partial charge < -0.3 is 5.32 Å². The van der Waals surface area contributed by atoms with Crippen molar-refractivity contribution in [2.75, 3.05) is 5.75 Å². The van der Waals surface area contributed by atoms with Crippen molar-refractivity contribution in [1.82, 2.24) is 5.32 Å². The predicted octanol–water partition coefficient (Wildman–Crippen LogP) is 2.82. The molecule has 0 heterocycles. The highest BCUT2D eigenvalue weighted by Gasteiger charge is 2.25. The van der Waals surface area contributed by atoms with Gasteiger partial charge in [-0.1, -0.05) is 20.8 Å². The van der Waals surface area contributed by atoms with Gasteiger partial charge in [0.05, 0.1) is 5.25 Å². The molecule has 1 saturated carbocycles. The maximum atomic E-state index is 11.6. The summed E-state index contributed by atoms with van der Waals surface area (Å²) in [5, 5.41) is 3.15. The third kappa shape index (κ3) is 6.08. The van der Waals surface area contributed by atoms with Crippen LogP contribution in [0.25, 0.3) is 0 Å². The number of hydrogen-bond acceptors (Lipinski definition) is 2. The van der Waals surface area contributed by atoms with Crippen LogP contribution >= 0.6 is 11.8 Å². The molecule has 1 atom stereocenters. The molecule has 1 N–H and O–H groups in total. The van der Waals surface area contributed by atoms with Crippen LogP contribution in [0.3, 0.4) is 0 Å². The van der Waals surface area contributed by atoms with Crippen LogP contribution in [0.1, 0.15) is 47.0 Å². The molecular formula is C12H23NOS. The third-order valence-electron chi connectivity index (χ3n) is 2.51. The summed E-state index contributed by atoms with van der Waals surface area (Å²) in [4.78, 5) is 11.6. The Balaban J connectivity index is 2.11. The number of carbonyl (C=O) groups is 1. The quantitative estimate of drug-likeness (QED) is 0.785. The second-order valence-corrected chi connectivity index (χ2v) is 7.06. The van der Waals surface area contributed by atoms with Gasteiger partial charge in [-0.15, -0.1) is 11.8 Å². The fraction of sp³-hybridized carbons (Fsp3) is 0.917. The first kappa shape index (κ1) is 12.9. The average molecular weight is 229 g/mol. The highest BCUT2D eigenvalue weighted by molar-refractivity contribution is 8.00. The second kappa shape index (κ2) is 5.24. The lowest BCUT2D eigenvalue weighted by Crippen LogP contribution is -2.32. The molecule has 0 aromatic carbocycles. The fourth-order valence-electron chi connectivity index (χ4n) is 1.16. The van der Waals surface area contributed by atoms with Crippen molar-refractivity contribution < 1.29 is 4.79 Å². The third-order valence-corrected chi connectivity index (χ3v) is 3.67. The topological polar surface area (TPSA) is 29.1 Å². The Kier molecular flexibility index (Phi) is 4.50. The number of amides is 1. The molecule has 3 heteroatoms. The van der Waals surface area contributed by atoms with Gasteiger partial charge in [0.2, 0.25) is 5.91 Å². The van der Waals surface area contributed by atoms with Gasteiger partial charge in [-0.05, 0) is 37.4 Å². The van der Waals surface area contributed by atoms with E-state index in [0.717, 1.165) is 5.75 Å². The summed E-state index contributed by atoms with van der Waals surface area (Å²) in [7, 11) is 0. The van der Waals surface area contributed by atoms with Crippen molar-refractivity contribution >= 4 is 17.7 Å². The van der Waals surface area contributed by atoms with Gasteiger partial charge in [0.15, 0.2) is 0 Å². The van der Waals surface area contributed by atoms with Crippen LogP contribution in [0, 0.1) is 5.41 Å². The molecule has 1 amide bonds. The Morgan fingerprint density at radius 2 is 2.07 bits per heavy atom. The van der Waals surface area contributed by atoms with Crippen LogP contribution in [0.15, 0.2) is 0 Å². The minimum Gasteiger partial charge on any atom is -0.352 e. The van der Waals surface area contributed by atoms with Crippen molar-refractivity contribution in [3.63, 3.8) is 0 Å². The first-order valence-corrected chi connectivity index (χ1v) is 6.85. The summed E-state index contributed by atoms with van der Waals surface area (Å²) in [5.41, 5.74) is 0.375. The average Bonchev–Trinajstić information content (AvgIpc) is 2.85. The summed E-state index contributed by atoms with van der Waals surface area (Å²) in [6.45, 7) is 8.72. The predicted molar refractivity (Wildman–Crippen MR) is 67.2 cm³/mol. The summed E-state index contributed by atoms with van der Waals surface area (Å²) in [6, 6.07) is 0.489. The van der Waals surface area contributed by atoms with Gasteiger partial charge in [-0.25, -0.2) is 0 Å². The lowest BCUT2D eigenvalue weighted by atomic mass is 9.94. The lowest BCUT2D eigenvalue weighted by Gasteiger charge is -2.19. The highest BCUT2D eigenvalue weighted by Crippen LogP contribution is 2.24. The minimum absolute atomic E-state index is 0.105. The van der Waals surface area contributed by atoms with Gasteiger partial charge >= 0.3 is 0 Å². The van der Waals surface area contributed by atoms with Crippen LogP contribution in [-0.2, 0) is 4.79 Å². The molecule has 1 rings (SSSR count). The van der Waals surface area contributed by atoms with Crippen LogP contribution in [0.5, 0.6) is 0 Å². The van der Waals surface area contributed by atoms with Crippen molar-refractivity contribution in [1.29, 1.82) is 0 Å². The van der Waals surface area contributed by atoms with Crippen molar-refractivity contribution in [3.8, 4) is 0 Å². The standard InChI is InChI=1S/C12H23NOS/c1-9(11(14)13-10-5-6-10)15-8-7-12(2,3)4/h9-10H,5-8H2,1-4H3,(H,13,14). The number of thioether (sulfide) groups is 1. The first-order valence-electron chi connectivity index (χ1n) is 5.80. The Labute approximate surface area is 97.6 Å². The number of hydrogen-bond donors (Lipinski definition) is 1. The normalized spacial score (nSPS) is 18.7. The Morgan fingerprint density at radius 3 is 2.53 bits per heavy atom. The Hall–Kier alpha value is -0.180. The molecule has 2 nitrogen and oxygen atoms in total. The van der Waals surface area contributed by atoms with E-state index in [2.05, 4.69) is 26.1 Å². The molecule has 1 fully saturated rings. The molecule has 15 heavy (non-hydrogen) atoms. The van der Waals surface area contributed by atoms with E-state index in [-0.39, 0.29) is 11.2 Å². The van der Waals surface area contributed by atoms with E-state index in [1.807, 2.05) is 6.92 Å². The van der Waals surface area contributed by atoms with E-state index in [0.29, 0.717) is 11.5 Å². The number of nitrogens with one attached hydrogen (secondary N) is 1. The molecule has 0 aromatic heterocycles. The van der Waals surface area contributed by atoms with Crippen LogP contribution in [-0.4, -0.2) is 23.0 Å². The first-order chi connectivity index (χ1) is 6.88. The monoisotopic (exact) mass is 229 g/mol. The van der Waals surface area contributed by atoms with Crippen molar-refractivity contribution in [2.24, 2.45) is 5.41 Å². The zero-order valence-electron chi connectivity index (χ0n) is 10.3. The maximum Gasteiger partial charge on any atom is 0.233 e. The molecule has 1 aliphatic carbocycles. The van der Waals surface area contributed by atoms with Gasteiger partial charge in [-0.3, -0.25) is 4.79 Å². The molecule has 1 unspecified atom stereocenters. The van der Waals surface area contributed by atoms with Crippen molar-refractivity contribution in [3.05, 3.63) is 0 Å². The summed E-state index contributed by atoms with van der Waals surface area (Å²) in [5.74, 6) is 1.29. The minimum atomic E-state index is 0.105.